The highest BCUT2D eigenvalue weighted by Gasteiger charge is 2.17. The van der Waals surface area contributed by atoms with Gasteiger partial charge in [0.05, 0.1) is 0 Å². The molecule has 1 saturated heterocycles. The summed E-state index contributed by atoms with van der Waals surface area (Å²) in [6.07, 6.45) is 2.80. The summed E-state index contributed by atoms with van der Waals surface area (Å²) >= 11 is 0. The van der Waals surface area contributed by atoms with Crippen LogP contribution in [0.3, 0.4) is 0 Å². The van der Waals surface area contributed by atoms with Crippen LogP contribution in [0.1, 0.15) is 19.8 Å². The molecular weight excluding hydrogens is 136 g/mol. The molecule has 2 nitrogen and oxygen atoms in total. The Bertz CT molecular complexity index is 106. The van der Waals surface area contributed by atoms with Crippen molar-refractivity contribution in [2.75, 3.05) is 33.7 Å². The minimum atomic E-state index is 0.743. The van der Waals surface area contributed by atoms with Crippen LogP contribution in [-0.2, 0) is 0 Å². The van der Waals surface area contributed by atoms with E-state index in [1.165, 1.54) is 32.5 Å². The second kappa shape index (κ2) is 4.07. The van der Waals surface area contributed by atoms with Crippen molar-refractivity contribution >= 4 is 0 Å². The van der Waals surface area contributed by atoms with Gasteiger partial charge in [0.25, 0.3) is 0 Å². The molecule has 0 amide bonds. The lowest BCUT2D eigenvalue weighted by molar-refractivity contribution is 0.209. The first-order chi connectivity index (χ1) is 5.20. The van der Waals surface area contributed by atoms with Crippen LogP contribution in [0.2, 0.25) is 0 Å². The fourth-order valence-electron chi connectivity index (χ4n) is 1.83. The van der Waals surface area contributed by atoms with Gasteiger partial charge in [-0.05, 0) is 47.0 Å². The highest BCUT2D eigenvalue weighted by atomic mass is 15.2. The monoisotopic (exact) mass is 156 g/mol. The Labute approximate surface area is 70.2 Å². The summed E-state index contributed by atoms with van der Waals surface area (Å²) in [5, 5.41) is 0. The quantitative estimate of drug-likeness (QED) is 0.602. The predicted octanol–water partition coefficient (Wildman–Crippen LogP) is 1.03. The van der Waals surface area contributed by atoms with Gasteiger partial charge >= 0.3 is 0 Å². The van der Waals surface area contributed by atoms with E-state index in [0.29, 0.717) is 0 Å². The molecule has 1 fully saturated rings. The largest absolute Gasteiger partial charge is 0.308 e. The Morgan fingerprint density at radius 3 is 2.27 bits per heavy atom. The average Bonchev–Trinajstić information content (AvgIpc) is 2.35. The van der Waals surface area contributed by atoms with Crippen molar-refractivity contribution in [1.82, 2.24) is 9.80 Å². The van der Waals surface area contributed by atoms with E-state index in [-0.39, 0.29) is 0 Å². The molecule has 0 aromatic heterocycles. The molecule has 0 radical (unpaired) electrons. The zero-order valence-electron chi connectivity index (χ0n) is 8.01. The lowest BCUT2D eigenvalue weighted by Crippen LogP contribution is -2.38. The van der Waals surface area contributed by atoms with Crippen LogP contribution in [0, 0.1) is 0 Å². The second-order valence-corrected chi connectivity index (χ2v) is 3.85. The average molecular weight is 156 g/mol. The van der Waals surface area contributed by atoms with E-state index in [1.54, 1.807) is 0 Å². The predicted molar refractivity (Wildman–Crippen MR) is 48.8 cm³/mol. The maximum Gasteiger partial charge on any atom is 0.0194 e. The van der Waals surface area contributed by atoms with Crippen molar-refractivity contribution in [3.8, 4) is 0 Å². The van der Waals surface area contributed by atoms with Crippen molar-refractivity contribution < 1.29 is 0 Å². The molecule has 0 aromatic carbocycles. The summed E-state index contributed by atoms with van der Waals surface area (Å²) in [7, 11) is 4.29. The molecule has 1 atom stereocenters. The van der Waals surface area contributed by atoms with Crippen molar-refractivity contribution in [2.45, 2.75) is 25.8 Å². The van der Waals surface area contributed by atoms with Gasteiger partial charge in [0, 0.05) is 12.6 Å². The zero-order valence-corrected chi connectivity index (χ0v) is 8.01. The Morgan fingerprint density at radius 2 is 1.82 bits per heavy atom. The molecule has 1 aliphatic rings. The van der Waals surface area contributed by atoms with Crippen LogP contribution in [-0.4, -0.2) is 49.6 Å². The van der Waals surface area contributed by atoms with Crippen molar-refractivity contribution in [3.05, 3.63) is 0 Å². The third-order valence-electron chi connectivity index (χ3n) is 2.39. The summed E-state index contributed by atoms with van der Waals surface area (Å²) in [5.41, 5.74) is 0. The number of hydrogen-bond acceptors (Lipinski definition) is 2. The van der Waals surface area contributed by atoms with Crippen LogP contribution >= 0.6 is 0 Å². The van der Waals surface area contributed by atoms with Gasteiger partial charge in [-0.1, -0.05) is 0 Å². The summed E-state index contributed by atoms with van der Waals surface area (Å²) in [6.45, 7) is 6.15. The van der Waals surface area contributed by atoms with Gasteiger partial charge in [0.15, 0.2) is 0 Å². The Morgan fingerprint density at radius 1 is 1.27 bits per heavy atom. The van der Waals surface area contributed by atoms with Gasteiger partial charge in [-0.25, -0.2) is 0 Å². The van der Waals surface area contributed by atoms with Crippen LogP contribution < -0.4 is 0 Å². The molecular formula is C9H20N2. The van der Waals surface area contributed by atoms with Gasteiger partial charge in [-0.2, -0.15) is 0 Å². The van der Waals surface area contributed by atoms with Gasteiger partial charge in [0.2, 0.25) is 0 Å². The van der Waals surface area contributed by atoms with E-state index in [9.17, 15) is 0 Å². The van der Waals surface area contributed by atoms with Crippen molar-refractivity contribution in [3.63, 3.8) is 0 Å². The summed E-state index contributed by atoms with van der Waals surface area (Å²) in [5.74, 6) is 0. The Balaban J connectivity index is 2.22. The van der Waals surface area contributed by atoms with E-state index in [2.05, 4.69) is 30.8 Å². The van der Waals surface area contributed by atoms with Crippen molar-refractivity contribution in [2.24, 2.45) is 0 Å². The number of rotatable bonds is 3. The lowest BCUT2D eigenvalue weighted by Gasteiger charge is -2.26. The lowest BCUT2D eigenvalue weighted by atomic mass is 10.3. The number of hydrogen-bond donors (Lipinski definition) is 0. The highest BCUT2D eigenvalue weighted by Crippen LogP contribution is 2.11. The fourth-order valence-corrected chi connectivity index (χ4v) is 1.83. The molecule has 66 valence electrons. The molecule has 0 saturated carbocycles. The van der Waals surface area contributed by atoms with Gasteiger partial charge in [0.1, 0.15) is 0 Å². The minimum absolute atomic E-state index is 0.743. The first kappa shape index (κ1) is 9.01. The second-order valence-electron chi connectivity index (χ2n) is 3.85. The van der Waals surface area contributed by atoms with Gasteiger partial charge < -0.3 is 4.90 Å². The molecule has 1 rings (SSSR count). The number of nitrogens with zero attached hydrogens (tertiary/aromatic N) is 2. The summed E-state index contributed by atoms with van der Waals surface area (Å²) < 4.78 is 0. The third-order valence-corrected chi connectivity index (χ3v) is 2.39. The first-order valence-corrected chi connectivity index (χ1v) is 4.59. The molecule has 1 unspecified atom stereocenters. The third kappa shape index (κ3) is 2.80. The molecule has 11 heavy (non-hydrogen) atoms. The zero-order chi connectivity index (χ0) is 8.27. The molecule has 0 spiro atoms. The molecule has 0 bridgehead atoms. The van der Waals surface area contributed by atoms with Crippen LogP contribution in [0.15, 0.2) is 0 Å². The normalized spacial score (nSPS) is 22.9. The minimum Gasteiger partial charge on any atom is -0.308 e. The van der Waals surface area contributed by atoms with Gasteiger partial charge in [-0.15, -0.1) is 0 Å². The molecule has 0 N–H and O–H groups in total. The van der Waals surface area contributed by atoms with E-state index in [1.807, 2.05) is 0 Å². The Hall–Kier alpha value is -0.0800. The van der Waals surface area contributed by atoms with Crippen molar-refractivity contribution in [1.29, 1.82) is 0 Å². The summed E-state index contributed by atoms with van der Waals surface area (Å²) in [4.78, 5) is 4.85. The van der Waals surface area contributed by atoms with E-state index < -0.39 is 0 Å². The smallest absolute Gasteiger partial charge is 0.0194 e. The van der Waals surface area contributed by atoms with E-state index in [0.717, 1.165) is 6.04 Å². The van der Waals surface area contributed by atoms with Crippen LogP contribution in [0.5, 0.6) is 0 Å². The standard InChI is InChI=1S/C9H20N2/c1-9(8-10(2)3)11-6-4-5-7-11/h9H,4-8H2,1-3H3. The molecule has 1 heterocycles. The highest BCUT2D eigenvalue weighted by molar-refractivity contribution is 4.74. The van der Waals surface area contributed by atoms with E-state index >= 15 is 0 Å². The van der Waals surface area contributed by atoms with Gasteiger partial charge in [-0.3, -0.25) is 4.90 Å². The molecule has 0 aromatic rings. The topological polar surface area (TPSA) is 6.48 Å². The fraction of sp³-hybridized carbons (Fsp3) is 1.00. The van der Waals surface area contributed by atoms with Crippen LogP contribution in [0.25, 0.3) is 0 Å². The number of likely N-dealkylation sites (tertiary alicyclic amines) is 1. The molecule has 2 heteroatoms. The molecule has 0 aliphatic carbocycles. The Kier molecular flexibility index (Phi) is 3.34. The SMILES string of the molecule is CC(CN(C)C)N1CCCC1. The maximum atomic E-state index is 2.58. The van der Waals surface area contributed by atoms with Crippen LogP contribution in [0.4, 0.5) is 0 Å². The maximum absolute atomic E-state index is 2.58. The van der Waals surface area contributed by atoms with E-state index in [4.69, 9.17) is 0 Å². The first-order valence-electron chi connectivity index (χ1n) is 4.59. The summed E-state index contributed by atoms with van der Waals surface area (Å²) in [6, 6.07) is 0.743. The number of likely N-dealkylation sites (N-methyl/N-ethyl adjacent to an activating group) is 1. The molecule has 1 aliphatic heterocycles.